The van der Waals surface area contributed by atoms with E-state index >= 15 is 0 Å². The van der Waals surface area contributed by atoms with Crippen LogP contribution in [0, 0.1) is 5.82 Å². The molecule has 6 heteroatoms. The van der Waals surface area contributed by atoms with Crippen LogP contribution in [0.25, 0.3) is 16.7 Å². The highest BCUT2D eigenvalue weighted by molar-refractivity contribution is 9.10. The van der Waals surface area contributed by atoms with Crippen LogP contribution in [0.1, 0.15) is 5.82 Å². The van der Waals surface area contributed by atoms with Crippen LogP contribution in [0.15, 0.2) is 40.9 Å². The summed E-state index contributed by atoms with van der Waals surface area (Å²) < 4.78 is 16.0. The van der Waals surface area contributed by atoms with Gasteiger partial charge in [-0.3, -0.25) is 4.57 Å². The van der Waals surface area contributed by atoms with E-state index in [0.717, 1.165) is 5.52 Å². The van der Waals surface area contributed by atoms with Crippen LogP contribution >= 0.6 is 39.1 Å². The number of halogens is 4. The Labute approximate surface area is 133 Å². The number of benzene rings is 2. The third kappa shape index (κ3) is 2.22. The molecule has 0 saturated carbocycles. The van der Waals surface area contributed by atoms with E-state index in [1.54, 1.807) is 18.2 Å². The quantitative estimate of drug-likeness (QED) is 0.556. The Kier molecular flexibility index (Phi) is 3.71. The summed E-state index contributed by atoms with van der Waals surface area (Å²) in [4.78, 5) is 4.42. The molecule has 0 aliphatic carbocycles. The van der Waals surface area contributed by atoms with E-state index in [1.165, 1.54) is 6.07 Å². The number of fused-ring (bicyclic) bond motifs is 1. The van der Waals surface area contributed by atoms with E-state index in [1.807, 2.05) is 16.7 Å². The third-order valence-electron chi connectivity index (χ3n) is 2.99. The average Bonchev–Trinajstić information content (AvgIpc) is 2.82. The predicted molar refractivity (Wildman–Crippen MR) is 83.3 cm³/mol. The van der Waals surface area contributed by atoms with Gasteiger partial charge < -0.3 is 0 Å². The van der Waals surface area contributed by atoms with Gasteiger partial charge in [-0.25, -0.2) is 9.37 Å². The lowest BCUT2D eigenvalue weighted by Crippen LogP contribution is -1.99. The van der Waals surface area contributed by atoms with E-state index < -0.39 is 0 Å². The SMILES string of the molecule is Fc1cc(-n2c(CCl)nc3c(Cl)cccc32)ccc1Br. The van der Waals surface area contributed by atoms with Crippen molar-refractivity contribution in [1.29, 1.82) is 0 Å². The van der Waals surface area contributed by atoms with Crippen molar-refractivity contribution in [2.45, 2.75) is 5.88 Å². The van der Waals surface area contributed by atoms with Crippen molar-refractivity contribution in [3.8, 4) is 5.69 Å². The molecule has 0 spiro atoms. The highest BCUT2D eigenvalue weighted by Gasteiger charge is 2.14. The molecule has 0 radical (unpaired) electrons. The van der Waals surface area contributed by atoms with E-state index in [2.05, 4.69) is 20.9 Å². The molecule has 2 nitrogen and oxygen atoms in total. The summed E-state index contributed by atoms with van der Waals surface area (Å²) in [6.07, 6.45) is 0. The van der Waals surface area contributed by atoms with Gasteiger partial charge in [0.2, 0.25) is 0 Å². The molecule has 1 heterocycles. The normalized spacial score (nSPS) is 11.2. The Morgan fingerprint density at radius 2 is 2.05 bits per heavy atom. The fraction of sp³-hybridized carbons (Fsp3) is 0.0714. The first-order valence-electron chi connectivity index (χ1n) is 5.79. The zero-order valence-corrected chi connectivity index (χ0v) is 13.2. The molecule has 20 heavy (non-hydrogen) atoms. The molecular weight excluding hydrogens is 366 g/mol. The van der Waals surface area contributed by atoms with Crippen LogP contribution < -0.4 is 0 Å². The van der Waals surface area contributed by atoms with Crippen molar-refractivity contribution in [3.05, 3.63) is 57.5 Å². The Bertz CT molecular complexity index is 801. The summed E-state index contributed by atoms with van der Waals surface area (Å²) in [5, 5.41) is 0.546. The molecule has 2 aromatic carbocycles. The van der Waals surface area contributed by atoms with Crippen LogP contribution in [0.2, 0.25) is 5.02 Å². The number of alkyl halides is 1. The van der Waals surface area contributed by atoms with Gasteiger partial charge in [0.15, 0.2) is 0 Å². The molecule has 3 aromatic rings. The van der Waals surface area contributed by atoms with Gasteiger partial charge in [0, 0.05) is 0 Å². The lowest BCUT2D eigenvalue weighted by molar-refractivity contribution is 0.620. The molecule has 1 aromatic heterocycles. The number of para-hydroxylation sites is 1. The van der Waals surface area contributed by atoms with Gasteiger partial charge in [0.05, 0.1) is 26.6 Å². The minimum Gasteiger partial charge on any atom is -0.295 e. The maximum Gasteiger partial charge on any atom is 0.139 e. The highest BCUT2D eigenvalue weighted by Crippen LogP contribution is 2.29. The summed E-state index contributed by atoms with van der Waals surface area (Å²) in [6.45, 7) is 0. The maximum atomic E-state index is 13.7. The van der Waals surface area contributed by atoms with Crippen LogP contribution in [-0.2, 0) is 5.88 Å². The second kappa shape index (κ2) is 5.35. The fourth-order valence-corrected chi connectivity index (χ4v) is 2.75. The van der Waals surface area contributed by atoms with Gasteiger partial charge in [0.25, 0.3) is 0 Å². The fourth-order valence-electron chi connectivity index (χ4n) is 2.12. The minimum absolute atomic E-state index is 0.211. The number of aromatic nitrogens is 2. The van der Waals surface area contributed by atoms with E-state index in [-0.39, 0.29) is 11.7 Å². The van der Waals surface area contributed by atoms with Crippen molar-refractivity contribution < 1.29 is 4.39 Å². The maximum absolute atomic E-state index is 13.7. The zero-order chi connectivity index (χ0) is 14.3. The van der Waals surface area contributed by atoms with Crippen molar-refractivity contribution in [3.63, 3.8) is 0 Å². The van der Waals surface area contributed by atoms with Gasteiger partial charge in [-0.2, -0.15) is 0 Å². The van der Waals surface area contributed by atoms with Crippen molar-refractivity contribution in [1.82, 2.24) is 9.55 Å². The summed E-state index contributed by atoms with van der Waals surface area (Å²) >= 11 is 15.2. The average molecular weight is 374 g/mol. The molecule has 0 unspecified atom stereocenters. The largest absolute Gasteiger partial charge is 0.295 e. The van der Waals surface area contributed by atoms with Crippen molar-refractivity contribution in [2.75, 3.05) is 0 Å². The smallest absolute Gasteiger partial charge is 0.139 e. The Morgan fingerprint density at radius 1 is 1.25 bits per heavy atom. The van der Waals surface area contributed by atoms with Crippen LogP contribution in [0.4, 0.5) is 4.39 Å². The molecule has 0 aliphatic rings. The summed E-state index contributed by atoms with van der Waals surface area (Å²) in [6, 6.07) is 10.4. The monoisotopic (exact) mass is 372 g/mol. The second-order valence-corrected chi connectivity index (χ2v) is 5.73. The highest BCUT2D eigenvalue weighted by atomic mass is 79.9. The van der Waals surface area contributed by atoms with Crippen molar-refractivity contribution >= 4 is 50.2 Å². The lowest BCUT2D eigenvalue weighted by atomic mass is 10.2. The second-order valence-electron chi connectivity index (χ2n) is 4.20. The van der Waals surface area contributed by atoms with Gasteiger partial charge in [0.1, 0.15) is 17.2 Å². The molecule has 0 saturated heterocycles. The van der Waals surface area contributed by atoms with Crippen LogP contribution in [0.5, 0.6) is 0 Å². The minimum atomic E-state index is -0.341. The molecular formula is C14H8BrCl2FN2. The molecule has 0 atom stereocenters. The number of hydrogen-bond acceptors (Lipinski definition) is 1. The van der Waals surface area contributed by atoms with Crippen LogP contribution in [-0.4, -0.2) is 9.55 Å². The van der Waals surface area contributed by atoms with Gasteiger partial charge >= 0.3 is 0 Å². The van der Waals surface area contributed by atoms with E-state index in [0.29, 0.717) is 26.5 Å². The first kappa shape index (κ1) is 13.9. The van der Waals surface area contributed by atoms with Gasteiger partial charge in [-0.1, -0.05) is 17.7 Å². The Hall–Kier alpha value is -1.10. The standard InChI is InChI=1S/C14H8BrCl2FN2/c15-9-5-4-8(6-11(9)18)20-12-3-1-2-10(17)14(12)19-13(20)7-16/h1-6H,7H2. The van der Waals surface area contributed by atoms with Crippen molar-refractivity contribution in [2.24, 2.45) is 0 Å². The number of rotatable bonds is 2. The molecule has 0 N–H and O–H groups in total. The van der Waals surface area contributed by atoms with Gasteiger partial charge in [-0.05, 0) is 46.3 Å². The number of nitrogens with zero attached hydrogens (tertiary/aromatic N) is 2. The molecule has 0 amide bonds. The summed E-state index contributed by atoms with van der Waals surface area (Å²) in [7, 11) is 0. The lowest BCUT2D eigenvalue weighted by Gasteiger charge is -2.08. The first-order chi connectivity index (χ1) is 9.61. The topological polar surface area (TPSA) is 17.8 Å². The van der Waals surface area contributed by atoms with E-state index in [9.17, 15) is 4.39 Å². The molecule has 0 aliphatic heterocycles. The van der Waals surface area contributed by atoms with Crippen LogP contribution in [0.3, 0.4) is 0 Å². The molecule has 0 fully saturated rings. The number of imidazole rings is 1. The zero-order valence-electron chi connectivity index (χ0n) is 10.1. The molecule has 3 rings (SSSR count). The Balaban J connectivity index is 2.34. The first-order valence-corrected chi connectivity index (χ1v) is 7.49. The Morgan fingerprint density at radius 3 is 2.75 bits per heavy atom. The molecule has 102 valence electrons. The molecule has 0 bridgehead atoms. The third-order valence-corrected chi connectivity index (χ3v) is 4.17. The van der Waals surface area contributed by atoms with Gasteiger partial charge in [-0.15, -0.1) is 11.6 Å². The summed E-state index contributed by atoms with van der Waals surface area (Å²) in [5.74, 6) is 0.492. The predicted octanol–water partition coefficient (Wildman–Crippen LogP) is 5.32. The summed E-state index contributed by atoms with van der Waals surface area (Å²) in [5.41, 5.74) is 2.12. The van der Waals surface area contributed by atoms with E-state index in [4.69, 9.17) is 23.2 Å². The number of hydrogen-bond donors (Lipinski definition) is 0.